The van der Waals surface area contributed by atoms with Crippen LogP contribution in [0.25, 0.3) is 0 Å². The molecule has 1 heterocycles. The van der Waals surface area contributed by atoms with Gasteiger partial charge in [-0.05, 0) is 6.42 Å². The first-order chi connectivity index (χ1) is 8.24. The summed E-state index contributed by atoms with van der Waals surface area (Å²) >= 11 is 11.5. The molecular weight excluding hydrogens is 265 g/mol. The predicted octanol–water partition coefficient (Wildman–Crippen LogP) is 2.25. The van der Waals surface area contributed by atoms with Crippen LogP contribution in [0.3, 0.4) is 0 Å². The van der Waals surface area contributed by atoms with Gasteiger partial charge < -0.3 is 14.8 Å². The molecule has 0 amide bonds. The lowest BCUT2D eigenvalue weighted by atomic mass is 10.4. The van der Waals surface area contributed by atoms with Crippen LogP contribution in [0.2, 0.25) is 10.3 Å². The van der Waals surface area contributed by atoms with Gasteiger partial charge in [-0.2, -0.15) is 0 Å². The smallest absolute Gasteiger partial charge is 0.174 e. The summed E-state index contributed by atoms with van der Waals surface area (Å²) in [6, 6.07) is 1.64. The quantitative estimate of drug-likeness (QED) is 0.740. The summed E-state index contributed by atoms with van der Waals surface area (Å²) in [6.07, 6.45) is 0.861. The van der Waals surface area contributed by atoms with Crippen LogP contribution in [0.15, 0.2) is 6.07 Å². The first-order valence-corrected chi connectivity index (χ1v) is 5.99. The normalized spacial score (nSPS) is 10.5. The summed E-state index contributed by atoms with van der Waals surface area (Å²) in [7, 11) is 1.65. The highest BCUT2D eigenvalue weighted by Gasteiger charge is 2.02. The number of rotatable bonds is 8. The fraction of sp³-hybridized carbons (Fsp3) is 0.600. The third kappa shape index (κ3) is 6.02. The number of ether oxygens (including phenoxy) is 2. The summed E-state index contributed by atoms with van der Waals surface area (Å²) in [5.74, 6) is 0. The molecular formula is C10H15Cl2N3O2. The van der Waals surface area contributed by atoms with E-state index in [0.29, 0.717) is 35.8 Å². The molecule has 96 valence electrons. The van der Waals surface area contributed by atoms with Crippen LogP contribution in [0.5, 0.6) is 0 Å². The van der Waals surface area contributed by atoms with Gasteiger partial charge in [0.2, 0.25) is 0 Å². The van der Waals surface area contributed by atoms with E-state index in [-0.39, 0.29) is 0 Å². The van der Waals surface area contributed by atoms with Crippen LogP contribution < -0.4 is 5.32 Å². The number of methoxy groups -OCH3 is 1. The van der Waals surface area contributed by atoms with Gasteiger partial charge in [0.25, 0.3) is 0 Å². The summed E-state index contributed by atoms with van der Waals surface area (Å²) in [6.45, 7) is 2.62. The van der Waals surface area contributed by atoms with E-state index in [0.717, 1.165) is 13.0 Å². The molecule has 0 aliphatic carbocycles. The lowest BCUT2D eigenvalue weighted by Gasteiger charge is -2.07. The number of halogens is 2. The van der Waals surface area contributed by atoms with E-state index in [1.165, 1.54) is 0 Å². The third-order valence-electron chi connectivity index (χ3n) is 1.93. The van der Waals surface area contributed by atoms with Crippen LogP contribution >= 0.6 is 23.2 Å². The monoisotopic (exact) mass is 279 g/mol. The van der Waals surface area contributed by atoms with Crippen molar-refractivity contribution in [1.29, 1.82) is 0 Å². The second kappa shape index (κ2) is 8.47. The molecule has 1 aromatic heterocycles. The summed E-state index contributed by atoms with van der Waals surface area (Å²) in [4.78, 5) is 0. The highest BCUT2D eigenvalue weighted by molar-refractivity contribution is 6.33. The molecule has 0 spiro atoms. The van der Waals surface area contributed by atoms with Crippen molar-refractivity contribution < 1.29 is 9.47 Å². The maximum atomic E-state index is 5.84. The maximum Gasteiger partial charge on any atom is 0.174 e. The standard InChI is InChI=1S/C10H15Cl2N3O2/c1-16-5-6-17-4-2-3-13-8-7-9(11)14-15-10(8)12/h7H,2-6H2,1H3,(H,13,14). The molecule has 1 rings (SSSR count). The zero-order valence-corrected chi connectivity index (χ0v) is 11.1. The Hall–Kier alpha value is -0.620. The van der Waals surface area contributed by atoms with Crippen molar-refractivity contribution in [3.05, 3.63) is 16.4 Å². The molecule has 0 saturated heterocycles. The molecule has 7 heteroatoms. The van der Waals surface area contributed by atoms with Crippen LogP contribution in [-0.2, 0) is 9.47 Å². The van der Waals surface area contributed by atoms with Gasteiger partial charge in [-0.25, -0.2) is 0 Å². The SMILES string of the molecule is COCCOCCCNc1cc(Cl)nnc1Cl. The fourth-order valence-corrected chi connectivity index (χ4v) is 1.42. The summed E-state index contributed by atoms with van der Waals surface area (Å²) in [5.41, 5.74) is 0.684. The third-order valence-corrected chi connectivity index (χ3v) is 2.40. The van der Waals surface area contributed by atoms with Gasteiger partial charge in [0, 0.05) is 26.3 Å². The zero-order valence-electron chi connectivity index (χ0n) is 9.58. The number of nitrogens with one attached hydrogen (secondary N) is 1. The predicted molar refractivity (Wildman–Crippen MR) is 67.9 cm³/mol. The molecule has 0 bridgehead atoms. The van der Waals surface area contributed by atoms with E-state index >= 15 is 0 Å². The minimum absolute atomic E-state index is 0.313. The Morgan fingerprint density at radius 1 is 1.24 bits per heavy atom. The molecule has 0 aliphatic heterocycles. The average Bonchev–Trinajstić information content (AvgIpc) is 2.32. The molecule has 1 N–H and O–H groups in total. The maximum absolute atomic E-state index is 5.84. The van der Waals surface area contributed by atoms with Gasteiger partial charge in [-0.1, -0.05) is 23.2 Å². The number of hydrogen-bond donors (Lipinski definition) is 1. The molecule has 0 atom stereocenters. The van der Waals surface area contributed by atoms with Crippen molar-refractivity contribution in [2.45, 2.75) is 6.42 Å². The van der Waals surface area contributed by atoms with Crippen LogP contribution in [-0.4, -0.2) is 43.7 Å². The minimum atomic E-state index is 0.313. The molecule has 0 aliphatic rings. The number of anilines is 1. The van der Waals surface area contributed by atoms with Gasteiger partial charge in [0.05, 0.1) is 18.9 Å². The van der Waals surface area contributed by atoms with Gasteiger partial charge >= 0.3 is 0 Å². The van der Waals surface area contributed by atoms with Crippen LogP contribution in [0, 0.1) is 0 Å². The van der Waals surface area contributed by atoms with Crippen LogP contribution in [0.4, 0.5) is 5.69 Å². The Morgan fingerprint density at radius 2 is 2.06 bits per heavy atom. The lowest BCUT2D eigenvalue weighted by molar-refractivity contribution is 0.0705. The molecule has 17 heavy (non-hydrogen) atoms. The van der Waals surface area contributed by atoms with Gasteiger partial charge in [-0.15, -0.1) is 10.2 Å². The van der Waals surface area contributed by atoms with Gasteiger partial charge in [0.15, 0.2) is 10.3 Å². The van der Waals surface area contributed by atoms with E-state index in [9.17, 15) is 0 Å². The second-order valence-electron chi connectivity index (χ2n) is 3.26. The van der Waals surface area contributed by atoms with Crippen molar-refractivity contribution in [3.8, 4) is 0 Å². The summed E-state index contributed by atoms with van der Waals surface area (Å²) < 4.78 is 10.2. The highest BCUT2D eigenvalue weighted by atomic mass is 35.5. The zero-order chi connectivity index (χ0) is 12.5. The first-order valence-electron chi connectivity index (χ1n) is 5.23. The van der Waals surface area contributed by atoms with E-state index in [1.54, 1.807) is 13.2 Å². The second-order valence-corrected chi connectivity index (χ2v) is 4.00. The number of nitrogens with zero attached hydrogens (tertiary/aromatic N) is 2. The summed E-state index contributed by atoms with van der Waals surface area (Å²) in [5, 5.41) is 11.1. The Bertz CT molecular complexity index is 339. The van der Waals surface area contributed by atoms with Crippen LogP contribution in [0.1, 0.15) is 6.42 Å². The average molecular weight is 280 g/mol. The lowest BCUT2D eigenvalue weighted by Crippen LogP contribution is -2.09. The van der Waals surface area contributed by atoms with Crippen molar-refractivity contribution >= 4 is 28.9 Å². The molecule has 5 nitrogen and oxygen atoms in total. The van der Waals surface area contributed by atoms with Crippen molar-refractivity contribution in [2.75, 3.05) is 38.8 Å². The molecule has 0 aromatic carbocycles. The van der Waals surface area contributed by atoms with Crippen molar-refractivity contribution in [3.63, 3.8) is 0 Å². The molecule has 0 radical (unpaired) electrons. The molecule has 1 aromatic rings. The Morgan fingerprint density at radius 3 is 2.82 bits per heavy atom. The topological polar surface area (TPSA) is 56.3 Å². The van der Waals surface area contributed by atoms with Crippen molar-refractivity contribution in [1.82, 2.24) is 10.2 Å². The molecule has 0 fully saturated rings. The Kier molecular flexibility index (Phi) is 7.19. The van der Waals surface area contributed by atoms with Gasteiger partial charge in [0.1, 0.15) is 0 Å². The minimum Gasteiger partial charge on any atom is -0.382 e. The van der Waals surface area contributed by atoms with E-state index in [2.05, 4.69) is 15.5 Å². The first kappa shape index (κ1) is 14.4. The molecule has 0 saturated carbocycles. The van der Waals surface area contributed by atoms with E-state index in [4.69, 9.17) is 32.7 Å². The van der Waals surface area contributed by atoms with Gasteiger partial charge in [-0.3, -0.25) is 0 Å². The highest BCUT2D eigenvalue weighted by Crippen LogP contribution is 2.20. The number of aromatic nitrogens is 2. The largest absolute Gasteiger partial charge is 0.382 e. The van der Waals surface area contributed by atoms with E-state index in [1.807, 2.05) is 0 Å². The Labute approximate surface area is 110 Å². The van der Waals surface area contributed by atoms with Crippen molar-refractivity contribution in [2.24, 2.45) is 0 Å². The molecule has 0 unspecified atom stereocenters. The fourth-order valence-electron chi connectivity index (χ4n) is 1.12. The number of hydrogen-bond acceptors (Lipinski definition) is 5. The van der Waals surface area contributed by atoms with E-state index < -0.39 is 0 Å². The Balaban J connectivity index is 2.15.